The van der Waals surface area contributed by atoms with Crippen LogP contribution in [0.15, 0.2) is 35.4 Å². The van der Waals surface area contributed by atoms with Crippen LogP contribution in [-0.2, 0) is 23.6 Å². The third-order valence-electron chi connectivity index (χ3n) is 2.72. The molecule has 1 aromatic carbocycles. The third kappa shape index (κ3) is 3.27. The molecule has 20 heavy (non-hydrogen) atoms. The maximum Gasteiger partial charge on any atom is 0.263 e. The molecule has 1 aromatic heterocycles. The highest BCUT2D eigenvalue weighted by molar-refractivity contribution is 7.92. The van der Waals surface area contributed by atoms with E-state index in [2.05, 4.69) is 4.72 Å². The monoisotopic (exact) mass is 333 g/mol. The van der Waals surface area contributed by atoms with Crippen molar-refractivity contribution in [2.24, 2.45) is 12.8 Å². The Balaban J connectivity index is 2.35. The largest absolute Gasteiger partial charge is 0.352 e. The average Bonchev–Trinajstić information content (AvgIpc) is 2.69. The predicted molar refractivity (Wildman–Crippen MR) is 80.6 cm³/mol. The van der Waals surface area contributed by atoms with Crippen LogP contribution in [0.2, 0.25) is 10.0 Å². The second-order valence-electron chi connectivity index (χ2n) is 4.25. The molecule has 8 heteroatoms. The highest BCUT2D eigenvalue weighted by atomic mass is 35.5. The molecule has 2 rings (SSSR count). The fourth-order valence-corrected chi connectivity index (χ4v) is 3.41. The number of nitrogens with one attached hydrogen (secondary N) is 1. The van der Waals surface area contributed by atoms with Crippen molar-refractivity contribution in [1.82, 2.24) is 4.57 Å². The molecule has 5 nitrogen and oxygen atoms in total. The van der Waals surface area contributed by atoms with Crippen molar-refractivity contribution in [3.63, 3.8) is 0 Å². The number of nitrogens with two attached hydrogens (primary N) is 1. The Kier molecular flexibility index (Phi) is 4.29. The second kappa shape index (κ2) is 5.65. The SMILES string of the molecule is Cn1cc(S(=O)(=O)Nc2cc(Cl)cc(Cl)c2)cc1CN. The van der Waals surface area contributed by atoms with Gasteiger partial charge in [-0.25, -0.2) is 8.42 Å². The molecular formula is C12H13Cl2N3O2S. The van der Waals surface area contributed by atoms with Gasteiger partial charge in [0.15, 0.2) is 0 Å². The van der Waals surface area contributed by atoms with Gasteiger partial charge in [-0.15, -0.1) is 0 Å². The number of hydrogen-bond donors (Lipinski definition) is 2. The zero-order valence-corrected chi connectivity index (χ0v) is 12.9. The lowest BCUT2D eigenvalue weighted by Crippen LogP contribution is -2.12. The Hall–Kier alpha value is -1.21. The number of nitrogens with zero attached hydrogens (tertiary/aromatic N) is 1. The molecule has 0 unspecified atom stereocenters. The highest BCUT2D eigenvalue weighted by Crippen LogP contribution is 2.25. The maximum atomic E-state index is 12.3. The summed E-state index contributed by atoms with van der Waals surface area (Å²) in [6.45, 7) is 0.259. The number of hydrogen-bond acceptors (Lipinski definition) is 3. The molecule has 0 saturated carbocycles. The fraction of sp³-hybridized carbons (Fsp3) is 0.167. The molecule has 0 spiro atoms. The zero-order valence-electron chi connectivity index (χ0n) is 10.6. The Bertz CT molecular complexity index is 721. The Morgan fingerprint density at radius 2 is 1.80 bits per heavy atom. The quantitative estimate of drug-likeness (QED) is 0.902. The van der Waals surface area contributed by atoms with E-state index < -0.39 is 10.0 Å². The molecule has 108 valence electrons. The third-order valence-corrected chi connectivity index (χ3v) is 4.50. The molecular weight excluding hydrogens is 321 g/mol. The van der Waals surface area contributed by atoms with Gasteiger partial charge in [0.25, 0.3) is 10.0 Å². The zero-order chi connectivity index (χ0) is 14.9. The predicted octanol–water partition coefficient (Wildman–Crippen LogP) is 2.59. The molecule has 3 N–H and O–H groups in total. The molecule has 0 aliphatic rings. The Morgan fingerprint density at radius 3 is 2.30 bits per heavy atom. The topological polar surface area (TPSA) is 77.1 Å². The second-order valence-corrected chi connectivity index (χ2v) is 6.80. The van der Waals surface area contributed by atoms with Crippen LogP contribution in [0.5, 0.6) is 0 Å². The number of benzene rings is 1. The minimum atomic E-state index is -3.70. The molecule has 0 bridgehead atoms. The van der Waals surface area contributed by atoms with Crippen molar-refractivity contribution < 1.29 is 8.42 Å². The van der Waals surface area contributed by atoms with Gasteiger partial charge >= 0.3 is 0 Å². The molecule has 0 fully saturated rings. The van der Waals surface area contributed by atoms with Gasteiger partial charge in [0.05, 0.1) is 5.69 Å². The van der Waals surface area contributed by atoms with Crippen LogP contribution in [-0.4, -0.2) is 13.0 Å². The molecule has 0 aliphatic carbocycles. The Labute approximate surface area is 127 Å². The van der Waals surface area contributed by atoms with Gasteiger partial charge < -0.3 is 10.3 Å². The van der Waals surface area contributed by atoms with Crippen molar-refractivity contribution in [3.05, 3.63) is 46.2 Å². The van der Waals surface area contributed by atoms with Gasteiger partial charge in [-0.05, 0) is 24.3 Å². The van der Waals surface area contributed by atoms with Crippen LogP contribution in [0.4, 0.5) is 5.69 Å². The summed E-state index contributed by atoms with van der Waals surface area (Å²) < 4.78 is 28.6. The number of rotatable bonds is 4. The van der Waals surface area contributed by atoms with Gasteiger partial charge in [-0.1, -0.05) is 23.2 Å². The van der Waals surface area contributed by atoms with Gasteiger partial charge in [-0.2, -0.15) is 0 Å². The first-order valence-electron chi connectivity index (χ1n) is 5.66. The van der Waals surface area contributed by atoms with E-state index in [4.69, 9.17) is 28.9 Å². The molecule has 0 saturated heterocycles. The molecule has 2 aromatic rings. The van der Waals surface area contributed by atoms with Crippen LogP contribution in [0.25, 0.3) is 0 Å². The van der Waals surface area contributed by atoms with Crippen molar-refractivity contribution in [2.45, 2.75) is 11.4 Å². The Morgan fingerprint density at radius 1 is 1.20 bits per heavy atom. The van der Waals surface area contributed by atoms with Crippen molar-refractivity contribution in [2.75, 3.05) is 4.72 Å². The molecule has 0 amide bonds. The van der Waals surface area contributed by atoms with Crippen LogP contribution in [0.1, 0.15) is 5.69 Å². The van der Waals surface area contributed by atoms with Crippen LogP contribution in [0, 0.1) is 0 Å². The van der Waals surface area contributed by atoms with Crippen molar-refractivity contribution >= 4 is 38.9 Å². The van der Waals surface area contributed by atoms with Crippen LogP contribution >= 0.6 is 23.2 Å². The lowest BCUT2D eigenvalue weighted by Gasteiger charge is -2.07. The minimum Gasteiger partial charge on any atom is -0.352 e. The maximum absolute atomic E-state index is 12.3. The first-order valence-corrected chi connectivity index (χ1v) is 7.90. The van der Waals surface area contributed by atoms with Gasteiger partial charge in [0, 0.05) is 35.5 Å². The number of anilines is 1. The molecule has 1 heterocycles. The minimum absolute atomic E-state index is 0.136. The standard InChI is InChI=1S/C12H13Cl2N3O2S/c1-17-7-12(5-11(17)6-15)20(18,19)16-10-3-8(13)2-9(14)4-10/h2-5,7,16H,6,15H2,1H3. The normalized spacial score (nSPS) is 11.6. The lowest BCUT2D eigenvalue weighted by molar-refractivity contribution is 0.601. The van der Waals surface area contributed by atoms with Crippen LogP contribution < -0.4 is 10.5 Å². The highest BCUT2D eigenvalue weighted by Gasteiger charge is 2.17. The van der Waals surface area contributed by atoms with Crippen LogP contribution in [0.3, 0.4) is 0 Å². The number of aromatic nitrogens is 1. The first kappa shape index (κ1) is 15.2. The van der Waals surface area contributed by atoms with E-state index in [1.54, 1.807) is 11.6 Å². The first-order chi connectivity index (χ1) is 9.31. The molecule has 0 aliphatic heterocycles. The van der Waals surface area contributed by atoms with Crippen molar-refractivity contribution in [1.29, 1.82) is 0 Å². The summed E-state index contributed by atoms with van der Waals surface area (Å²) in [5, 5.41) is 0.705. The van der Waals surface area contributed by atoms with E-state index >= 15 is 0 Å². The van der Waals surface area contributed by atoms with E-state index in [9.17, 15) is 8.42 Å². The number of aryl methyl sites for hydroxylation is 1. The number of sulfonamides is 1. The van der Waals surface area contributed by atoms with Gasteiger partial charge in [0.2, 0.25) is 0 Å². The van der Waals surface area contributed by atoms with E-state index in [0.29, 0.717) is 15.7 Å². The van der Waals surface area contributed by atoms with E-state index in [1.807, 2.05) is 0 Å². The van der Waals surface area contributed by atoms with E-state index in [0.717, 1.165) is 5.69 Å². The molecule has 0 radical (unpaired) electrons. The van der Waals surface area contributed by atoms with E-state index in [-0.39, 0.29) is 11.4 Å². The summed E-state index contributed by atoms with van der Waals surface area (Å²) in [5.41, 5.74) is 6.55. The van der Waals surface area contributed by atoms with Crippen molar-refractivity contribution in [3.8, 4) is 0 Å². The summed E-state index contributed by atoms with van der Waals surface area (Å²) in [4.78, 5) is 0.136. The lowest BCUT2D eigenvalue weighted by atomic mass is 10.3. The molecule has 0 atom stereocenters. The summed E-state index contributed by atoms with van der Waals surface area (Å²) in [6, 6.07) is 6.01. The van der Waals surface area contributed by atoms with Gasteiger partial charge in [-0.3, -0.25) is 4.72 Å². The summed E-state index contributed by atoms with van der Waals surface area (Å²) in [7, 11) is -1.97. The summed E-state index contributed by atoms with van der Waals surface area (Å²) in [5.74, 6) is 0. The fourth-order valence-electron chi connectivity index (χ4n) is 1.75. The smallest absolute Gasteiger partial charge is 0.263 e. The summed E-state index contributed by atoms with van der Waals surface area (Å²) >= 11 is 11.7. The van der Waals surface area contributed by atoms with E-state index in [1.165, 1.54) is 30.5 Å². The summed E-state index contributed by atoms with van der Waals surface area (Å²) in [6.07, 6.45) is 1.50. The average molecular weight is 334 g/mol. The number of halogens is 2. The van der Waals surface area contributed by atoms with Gasteiger partial charge in [0.1, 0.15) is 4.90 Å².